The van der Waals surface area contributed by atoms with Crippen LogP contribution in [-0.2, 0) is 0 Å². The maximum absolute atomic E-state index is 13.5. The predicted octanol–water partition coefficient (Wildman–Crippen LogP) is 5.52. The van der Waals surface area contributed by atoms with E-state index in [1.807, 2.05) is 37.4 Å². The van der Waals surface area contributed by atoms with Gasteiger partial charge in [-0.2, -0.15) is 10.6 Å². The molecule has 176 valence electrons. The SMILES string of the molecule is CC1(NC(=O)c2ccc3c(-c4ccccc4Cl)cn(-c4ncc(F)cn4)c3c2)CCS(O)(O)C1. The number of amides is 1. The summed E-state index contributed by atoms with van der Waals surface area (Å²) in [6.07, 6.45) is 4.46. The van der Waals surface area contributed by atoms with Gasteiger partial charge < -0.3 is 5.32 Å². The topological polar surface area (TPSA) is 100 Å². The molecule has 3 heterocycles. The molecule has 1 amide bonds. The van der Waals surface area contributed by atoms with Crippen LogP contribution in [0.15, 0.2) is 61.1 Å². The van der Waals surface area contributed by atoms with Crippen LogP contribution in [0.2, 0.25) is 5.02 Å². The summed E-state index contributed by atoms with van der Waals surface area (Å²) < 4.78 is 35.2. The van der Waals surface area contributed by atoms with Crippen molar-refractivity contribution in [3.8, 4) is 17.1 Å². The first kappa shape index (κ1) is 22.8. The maximum atomic E-state index is 13.5. The molecule has 0 aliphatic carbocycles. The average Bonchev–Trinajstić information content (AvgIpc) is 3.30. The smallest absolute Gasteiger partial charge is 0.251 e. The van der Waals surface area contributed by atoms with Gasteiger partial charge in [-0.3, -0.25) is 18.5 Å². The van der Waals surface area contributed by atoms with E-state index in [-0.39, 0.29) is 23.4 Å². The standard InChI is InChI=1S/C24H22ClFN4O3S/c1-24(8-9-34(32,33)14-24)29-22(31)15-6-7-18-19(17-4-2-3-5-20(17)25)13-30(21(18)10-15)23-27-11-16(26)12-28-23/h2-7,10-13,32-33H,8-9,14H2,1H3,(H,29,31). The van der Waals surface area contributed by atoms with Gasteiger partial charge in [-0.15, -0.1) is 0 Å². The van der Waals surface area contributed by atoms with Gasteiger partial charge in [-0.25, -0.2) is 14.4 Å². The molecule has 0 saturated carbocycles. The lowest BCUT2D eigenvalue weighted by molar-refractivity contribution is 0.0915. The molecule has 4 aromatic rings. The first-order valence-electron chi connectivity index (χ1n) is 10.6. The Hall–Kier alpha value is -2.98. The van der Waals surface area contributed by atoms with E-state index in [0.717, 1.165) is 28.9 Å². The van der Waals surface area contributed by atoms with Crippen molar-refractivity contribution < 1.29 is 18.3 Å². The lowest BCUT2D eigenvalue weighted by Crippen LogP contribution is -2.46. The number of nitrogens with one attached hydrogen (secondary N) is 1. The fourth-order valence-corrected chi connectivity index (χ4v) is 6.74. The molecule has 1 aliphatic heterocycles. The highest BCUT2D eigenvalue weighted by molar-refractivity contribution is 8.24. The van der Waals surface area contributed by atoms with Gasteiger partial charge in [0, 0.05) is 39.0 Å². The summed E-state index contributed by atoms with van der Waals surface area (Å²) in [6.45, 7) is 1.81. The fraction of sp³-hybridized carbons (Fsp3) is 0.208. The third kappa shape index (κ3) is 4.27. The lowest BCUT2D eigenvalue weighted by atomic mass is 10.0. The second kappa shape index (κ2) is 8.35. The van der Waals surface area contributed by atoms with E-state index in [1.54, 1.807) is 22.8 Å². The van der Waals surface area contributed by atoms with Crippen molar-refractivity contribution in [1.82, 2.24) is 19.9 Å². The second-order valence-electron chi connectivity index (χ2n) is 8.74. The Bertz CT molecular complexity index is 1410. The van der Waals surface area contributed by atoms with E-state index >= 15 is 0 Å². The Morgan fingerprint density at radius 2 is 1.91 bits per heavy atom. The minimum Gasteiger partial charge on any atom is -0.345 e. The summed E-state index contributed by atoms with van der Waals surface area (Å²) >= 11 is 6.46. The van der Waals surface area contributed by atoms with E-state index in [4.69, 9.17) is 11.6 Å². The minimum absolute atomic E-state index is 0.129. The molecule has 10 heteroatoms. The van der Waals surface area contributed by atoms with Crippen molar-refractivity contribution in [1.29, 1.82) is 0 Å². The zero-order chi connectivity index (χ0) is 24.1. The molecule has 3 N–H and O–H groups in total. The highest BCUT2D eigenvalue weighted by atomic mass is 35.5. The number of carbonyl (C=O) groups is 1. The molecule has 1 atom stereocenters. The van der Waals surface area contributed by atoms with Gasteiger partial charge in [0.15, 0.2) is 5.82 Å². The Morgan fingerprint density at radius 3 is 2.59 bits per heavy atom. The first-order valence-corrected chi connectivity index (χ1v) is 12.8. The normalized spacial score (nSPS) is 20.4. The van der Waals surface area contributed by atoms with Crippen LogP contribution in [0.3, 0.4) is 0 Å². The molecule has 1 unspecified atom stereocenters. The minimum atomic E-state index is -2.67. The van der Waals surface area contributed by atoms with Gasteiger partial charge in [-0.1, -0.05) is 35.9 Å². The van der Waals surface area contributed by atoms with Crippen molar-refractivity contribution in [3.63, 3.8) is 0 Å². The monoisotopic (exact) mass is 500 g/mol. The van der Waals surface area contributed by atoms with E-state index < -0.39 is 21.9 Å². The average molecular weight is 501 g/mol. The zero-order valence-electron chi connectivity index (χ0n) is 18.2. The number of nitrogens with zero attached hydrogens (tertiary/aromatic N) is 3. The number of aromatic nitrogens is 3. The van der Waals surface area contributed by atoms with Crippen LogP contribution in [-0.4, -0.2) is 46.6 Å². The van der Waals surface area contributed by atoms with Crippen molar-refractivity contribution in [2.45, 2.75) is 18.9 Å². The quantitative estimate of drug-likeness (QED) is 0.342. The molecule has 0 radical (unpaired) electrons. The Balaban J connectivity index is 1.60. The molecule has 5 rings (SSSR count). The van der Waals surface area contributed by atoms with Gasteiger partial charge in [0.05, 0.1) is 29.2 Å². The molecule has 1 fully saturated rings. The summed E-state index contributed by atoms with van der Waals surface area (Å²) in [4.78, 5) is 21.3. The molecule has 0 spiro atoms. The van der Waals surface area contributed by atoms with Gasteiger partial charge in [0.25, 0.3) is 5.91 Å². The first-order chi connectivity index (χ1) is 16.1. The molecule has 7 nitrogen and oxygen atoms in total. The van der Waals surface area contributed by atoms with E-state index in [2.05, 4.69) is 15.3 Å². The highest BCUT2D eigenvalue weighted by Crippen LogP contribution is 2.50. The number of fused-ring (bicyclic) bond motifs is 1. The van der Waals surface area contributed by atoms with Gasteiger partial charge >= 0.3 is 0 Å². The van der Waals surface area contributed by atoms with Crippen LogP contribution >= 0.6 is 22.2 Å². The Kier molecular flexibility index (Phi) is 5.60. The van der Waals surface area contributed by atoms with Crippen LogP contribution < -0.4 is 5.32 Å². The number of hydrogen-bond donors (Lipinski definition) is 3. The van der Waals surface area contributed by atoms with Crippen LogP contribution in [0.1, 0.15) is 23.7 Å². The maximum Gasteiger partial charge on any atom is 0.251 e. The van der Waals surface area contributed by atoms with Gasteiger partial charge in [0.1, 0.15) is 0 Å². The fourth-order valence-electron chi connectivity index (χ4n) is 4.35. The number of rotatable bonds is 4. The molecule has 1 aliphatic rings. The van der Waals surface area contributed by atoms with Crippen molar-refractivity contribution in [3.05, 3.63) is 77.5 Å². The van der Waals surface area contributed by atoms with Crippen LogP contribution in [0.4, 0.5) is 4.39 Å². The largest absolute Gasteiger partial charge is 0.345 e. The van der Waals surface area contributed by atoms with Crippen molar-refractivity contribution >= 4 is 39.0 Å². The van der Waals surface area contributed by atoms with Crippen LogP contribution in [0.5, 0.6) is 0 Å². The van der Waals surface area contributed by atoms with Gasteiger partial charge in [-0.05, 0) is 31.5 Å². The van der Waals surface area contributed by atoms with E-state index in [9.17, 15) is 18.3 Å². The number of halogens is 2. The highest BCUT2D eigenvalue weighted by Gasteiger charge is 2.39. The summed E-state index contributed by atoms with van der Waals surface area (Å²) in [7, 11) is -2.67. The molecule has 0 bridgehead atoms. The van der Waals surface area contributed by atoms with E-state index in [0.29, 0.717) is 22.5 Å². The van der Waals surface area contributed by atoms with Crippen LogP contribution in [0, 0.1) is 5.82 Å². The van der Waals surface area contributed by atoms with Crippen LogP contribution in [0.25, 0.3) is 28.0 Å². The summed E-state index contributed by atoms with van der Waals surface area (Å²) in [6, 6.07) is 12.7. The molecular formula is C24H22ClFN4O3S. The molecule has 1 saturated heterocycles. The summed E-state index contributed by atoms with van der Waals surface area (Å²) in [5.74, 6) is -0.228. The second-order valence-corrected chi connectivity index (χ2v) is 11.4. The summed E-state index contributed by atoms with van der Waals surface area (Å²) in [5.41, 5.74) is 1.96. The zero-order valence-corrected chi connectivity index (χ0v) is 19.8. The molecule has 2 aromatic carbocycles. The number of carbonyl (C=O) groups excluding carboxylic acids is 1. The van der Waals surface area contributed by atoms with E-state index in [1.165, 1.54) is 0 Å². The molecular weight excluding hydrogens is 479 g/mol. The molecule has 2 aromatic heterocycles. The Labute approximate surface area is 202 Å². The Morgan fingerprint density at radius 1 is 1.18 bits per heavy atom. The number of hydrogen-bond acceptors (Lipinski definition) is 5. The molecule has 34 heavy (non-hydrogen) atoms. The van der Waals surface area contributed by atoms with Gasteiger partial charge in [0.2, 0.25) is 5.95 Å². The third-order valence-corrected chi connectivity index (χ3v) is 8.29. The summed E-state index contributed by atoms with van der Waals surface area (Å²) in [5, 5.41) is 4.34. The predicted molar refractivity (Wildman–Crippen MR) is 132 cm³/mol. The van der Waals surface area contributed by atoms with Crippen molar-refractivity contribution in [2.24, 2.45) is 0 Å². The number of benzene rings is 2. The third-order valence-electron chi connectivity index (χ3n) is 6.00. The lowest BCUT2D eigenvalue weighted by Gasteiger charge is -2.30. The van der Waals surface area contributed by atoms with Crippen molar-refractivity contribution in [2.75, 3.05) is 11.5 Å².